The molecule has 0 aromatic heterocycles. The van der Waals surface area contributed by atoms with E-state index in [1.807, 2.05) is 30.3 Å². The summed E-state index contributed by atoms with van der Waals surface area (Å²) >= 11 is 0. The molecule has 49 heavy (non-hydrogen) atoms. The summed E-state index contributed by atoms with van der Waals surface area (Å²) < 4.78 is 10.5. The number of ether oxygens (including phenoxy) is 2. The Labute approximate surface area is 290 Å². The number of aryl methyl sites for hydroxylation is 2. The number of hydroxylamine groups is 1. The van der Waals surface area contributed by atoms with Crippen LogP contribution in [0.5, 0.6) is 0 Å². The normalized spacial score (nSPS) is 11.9. The average molecular weight is 683 g/mol. The summed E-state index contributed by atoms with van der Waals surface area (Å²) in [5.74, 6) is -1.72. The van der Waals surface area contributed by atoms with Crippen LogP contribution >= 0.6 is 0 Å². The van der Waals surface area contributed by atoms with E-state index in [9.17, 15) is 24.0 Å². The summed E-state index contributed by atoms with van der Waals surface area (Å²) in [5.41, 5.74) is 4.11. The van der Waals surface area contributed by atoms with Gasteiger partial charge >= 0.3 is 18.2 Å². The highest BCUT2D eigenvalue weighted by Crippen LogP contribution is 2.12. The molecule has 270 valence electrons. The van der Waals surface area contributed by atoms with Gasteiger partial charge in [-0.05, 0) is 103 Å². The molecule has 0 heterocycles. The van der Waals surface area contributed by atoms with Crippen LogP contribution in [0.2, 0.25) is 0 Å². The van der Waals surface area contributed by atoms with Crippen LogP contribution in [0.15, 0.2) is 54.6 Å². The SMILES string of the molecule is CC(C)(C)OC(=O)NCCCC[C@H](NC(=O)OC(C)(C)C)C(=O)NCCC(=O)ONC(=O)Cc1ccc(CCCCc2ccccc2)cc1. The van der Waals surface area contributed by atoms with Crippen molar-refractivity contribution in [3.63, 3.8) is 0 Å². The average Bonchev–Trinajstić information content (AvgIpc) is 3.01. The first-order valence-electron chi connectivity index (χ1n) is 16.9. The predicted molar refractivity (Wildman–Crippen MR) is 186 cm³/mol. The van der Waals surface area contributed by atoms with Gasteiger partial charge in [-0.2, -0.15) is 5.48 Å². The number of carbonyl (C=O) groups excluding carboxylic acids is 5. The first-order chi connectivity index (χ1) is 23.1. The van der Waals surface area contributed by atoms with Gasteiger partial charge in [0.1, 0.15) is 17.2 Å². The second kappa shape index (κ2) is 20.7. The fourth-order valence-corrected chi connectivity index (χ4v) is 4.62. The van der Waals surface area contributed by atoms with Crippen molar-refractivity contribution in [3.8, 4) is 0 Å². The predicted octanol–water partition coefficient (Wildman–Crippen LogP) is 5.46. The van der Waals surface area contributed by atoms with E-state index in [0.29, 0.717) is 19.4 Å². The second-order valence-corrected chi connectivity index (χ2v) is 13.8. The van der Waals surface area contributed by atoms with Crippen LogP contribution in [0.3, 0.4) is 0 Å². The number of hydrogen-bond donors (Lipinski definition) is 4. The number of carbonyl (C=O) groups is 5. The van der Waals surface area contributed by atoms with E-state index in [-0.39, 0.29) is 25.8 Å². The lowest BCUT2D eigenvalue weighted by Crippen LogP contribution is -2.48. The Morgan fingerprint density at radius 3 is 1.84 bits per heavy atom. The van der Waals surface area contributed by atoms with Crippen LogP contribution in [-0.4, -0.2) is 60.3 Å². The van der Waals surface area contributed by atoms with E-state index in [1.54, 1.807) is 41.5 Å². The minimum absolute atomic E-state index is 0.0452. The maximum absolute atomic E-state index is 12.9. The third kappa shape index (κ3) is 19.7. The van der Waals surface area contributed by atoms with Crippen LogP contribution in [0.4, 0.5) is 9.59 Å². The van der Waals surface area contributed by atoms with Gasteiger partial charge in [0.05, 0.1) is 12.8 Å². The lowest BCUT2D eigenvalue weighted by atomic mass is 10.0. The van der Waals surface area contributed by atoms with Crippen LogP contribution in [0, 0.1) is 0 Å². The van der Waals surface area contributed by atoms with Crippen molar-refractivity contribution in [2.24, 2.45) is 0 Å². The third-order valence-electron chi connectivity index (χ3n) is 6.91. The van der Waals surface area contributed by atoms with Crippen LogP contribution in [0.1, 0.15) is 96.8 Å². The summed E-state index contributed by atoms with van der Waals surface area (Å²) in [5, 5.41) is 7.84. The highest BCUT2D eigenvalue weighted by atomic mass is 16.7. The lowest BCUT2D eigenvalue weighted by Gasteiger charge is -2.23. The zero-order valence-corrected chi connectivity index (χ0v) is 29.8. The molecule has 4 amide bonds. The van der Waals surface area contributed by atoms with Crippen LogP contribution in [-0.2, 0) is 48.0 Å². The zero-order valence-electron chi connectivity index (χ0n) is 29.8. The molecule has 12 heteroatoms. The van der Waals surface area contributed by atoms with Crippen LogP contribution < -0.4 is 21.4 Å². The van der Waals surface area contributed by atoms with Crippen molar-refractivity contribution in [2.45, 2.75) is 117 Å². The van der Waals surface area contributed by atoms with Crippen molar-refractivity contribution in [3.05, 3.63) is 71.3 Å². The minimum atomic E-state index is -0.937. The van der Waals surface area contributed by atoms with Gasteiger partial charge in [0.25, 0.3) is 5.91 Å². The maximum Gasteiger partial charge on any atom is 0.408 e. The fourth-order valence-electron chi connectivity index (χ4n) is 4.62. The van der Waals surface area contributed by atoms with E-state index in [0.717, 1.165) is 31.2 Å². The number of hydrogen-bond acceptors (Lipinski definition) is 8. The van der Waals surface area contributed by atoms with E-state index >= 15 is 0 Å². The highest BCUT2D eigenvalue weighted by molar-refractivity contribution is 5.86. The van der Waals surface area contributed by atoms with Crippen LogP contribution in [0.25, 0.3) is 0 Å². The van der Waals surface area contributed by atoms with Gasteiger partial charge in [-0.3, -0.25) is 9.59 Å². The molecular formula is C37H54N4O8. The van der Waals surface area contributed by atoms with Gasteiger partial charge in [0.2, 0.25) is 5.91 Å². The standard InChI is InChI=1S/C37H54N4O8/c1-36(2,3)47-34(45)39-24-13-12-18-30(40-35(46)48-37(4,5)6)33(44)38-25-23-32(43)49-41-31(42)26-29-21-19-28(20-22-29)17-11-10-16-27-14-8-7-9-15-27/h7-9,14-15,19-22,30H,10-13,16-18,23-26H2,1-6H3,(H,38,44)(H,39,45)(H,40,46)(H,41,42)/t30-/m0/s1. The molecule has 2 aromatic rings. The summed E-state index contributed by atoms with van der Waals surface area (Å²) in [6.45, 7) is 10.7. The molecule has 4 N–H and O–H groups in total. The first kappa shape index (κ1) is 40.6. The first-order valence-corrected chi connectivity index (χ1v) is 16.9. The zero-order chi connectivity index (χ0) is 36.3. The molecule has 0 radical (unpaired) electrons. The number of benzene rings is 2. The molecule has 0 aliphatic heterocycles. The molecular weight excluding hydrogens is 628 g/mol. The Balaban J connectivity index is 1.70. The summed E-state index contributed by atoms with van der Waals surface area (Å²) in [6, 6.07) is 17.3. The summed E-state index contributed by atoms with van der Waals surface area (Å²) in [6.07, 6.45) is 4.02. The highest BCUT2D eigenvalue weighted by Gasteiger charge is 2.24. The Hall–Kier alpha value is -4.61. The molecule has 0 spiro atoms. The summed E-state index contributed by atoms with van der Waals surface area (Å²) in [7, 11) is 0. The van der Waals surface area contributed by atoms with Gasteiger partial charge in [-0.1, -0.05) is 54.6 Å². The topological polar surface area (TPSA) is 161 Å². The van der Waals surface area contributed by atoms with Gasteiger partial charge in [-0.25, -0.2) is 14.4 Å². The van der Waals surface area contributed by atoms with Crippen molar-refractivity contribution in [2.75, 3.05) is 13.1 Å². The Morgan fingerprint density at radius 1 is 0.653 bits per heavy atom. The third-order valence-corrected chi connectivity index (χ3v) is 6.91. The van der Waals surface area contributed by atoms with Crippen molar-refractivity contribution >= 4 is 30.0 Å². The number of nitrogens with one attached hydrogen (secondary N) is 4. The molecule has 12 nitrogen and oxygen atoms in total. The molecule has 0 bridgehead atoms. The van der Waals surface area contributed by atoms with Crippen molar-refractivity contribution in [1.82, 2.24) is 21.4 Å². The molecule has 0 saturated heterocycles. The molecule has 0 fully saturated rings. The Kier molecular flexibility index (Phi) is 17.1. The number of amides is 4. The molecule has 0 unspecified atom stereocenters. The minimum Gasteiger partial charge on any atom is -0.444 e. The van der Waals surface area contributed by atoms with E-state index in [4.69, 9.17) is 14.3 Å². The van der Waals surface area contributed by atoms with E-state index in [2.05, 4.69) is 45.7 Å². The van der Waals surface area contributed by atoms with E-state index in [1.165, 1.54) is 11.1 Å². The summed E-state index contributed by atoms with van der Waals surface area (Å²) in [4.78, 5) is 66.5. The Bertz CT molecular complexity index is 1330. The number of alkyl carbamates (subject to hydrolysis) is 2. The maximum atomic E-state index is 12.9. The second-order valence-electron chi connectivity index (χ2n) is 13.8. The molecule has 2 aromatic carbocycles. The van der Waals surface area contributed by atoms with Gasteiger partial charge < -0.3 is 30.3 Å². The molecule has 0 aliphatic carbocycles. The van der Waals surface area contributed by atoms with Crippen molar-refractivity contribution < 1.29 is 38.3 Å². The van der Waals surface area contributed by atoms with Gasteiger partial charge in [-0.15, -0.1) is 0 Å². The fraction of sp³-hybridized carbons (Fsp3) is 0.541. The number of unbranched alkanes of at least 4 members (excludes halogenated alkanes) is 2. The molecule has 0 aliphatic rings. The Morgan fingerprint density at radius 2 is 1.22 bits per heavy atom. The smallest absolute Gasteiger partial charge is 0.408 e. The quantitative estimate of drug-likeness (QED) is 0.0972. The molecule has 1 atom stereocenters. The van der Waals surface area contributed by atoms with E-state index < -0.39 is 47.2 Å². The lowest BCUT2D eigenvalue weighted by molar-refractivity contribution is -0.158. The van der Waals surface area contributed by atoms with Crippen molar-refractivity contribution in [1.29, 1.82) is 0 Å². The molecule has 2 rings (SSSR count). The number of rotatable bonds is 17. The van der Waals surface area contributed by atoms with Gasteiger partial charge in [0.15, 0.2) is 0 Å². The molecule has 0 saturated carbocycles. The largest absolute Gasteiger partial charge is 0.444 e. The van der Waals surface area contributed by atoms with Gasteiger partial charge in [0, 0.05) is 13.1 Å². The monoisotopic (exact) mass is 682 g/mol.